The maximum Gasteiger partial charge on any atom is 0.158 e. The van der Waals surface area contributed by atoms with Gasteiger partial charge in [-0.2, -0.15) is 5.10 Å². The van der Waals surface area contributed by atoms with E-state index in [4.69, 9.17) is 9.47 Å². The van der Waals surface area contributed by atoms with Crippen LogP contribution in [0.1, 0.15) is 20.3 Å². The summed E-state index contributed by atoms with van der Waals surface area (Å²) in [5.41, 5.74) is 0. The predicted octanol–water partition coefficient (Wildman–Crippen LogP) is 1.50. The van der Waals surface area contributed by atoms with E-state index in [1.807, 2.05) is 34.2 Å². The Morgan fingerprint density at radius 2 is 1.61 bits per heavy atom. The largest absolute Gasteiger partial charge is 0.353 e. The number of hydrogen-bond acceptors (Lipinski definition) is 5. The van der Waals surface area contributed by atoms with Gasteiger partial charge in [-0.15, -0.1) is 0 Å². The SMILES string of the molecule is CCOC(CC(C=NN(C)C)CN(C)C)OCC. The molecular formula is C13H29N3O2. The number of hydrogen-bond donors (Lipinski definition) is 0. The zero-order valence-corrected chi connectivity index (χ0v) is 12.7. The van der Waals surface area contributed by atoms with E-state index < -0.39 is 0 Å². The van der Waals surface area contributed by atoms with Crippen molar-refractivity contribution in [2.45, 2.75) is 26.6 Å². The Hall–Kier alpha value is -0.650. The molecule has 0 radical (unpaired) electrons. The quantitative estimate of drug-likeness (QED) is 0.338. The Kier molecular flexibility index (Phi) is 9.92. The molecule has 0 aromatic rings. The molecule has 1 atom stereocenters. The van der Waals surface area contributed by atoms with E-state index in [9.17, 15) is 0 Å². The lowest BCUT2D eigenvalue weighted by molar-refractivity contribution is -0.143. The number of nitrogens with zero attached hydrogens (tertiary/aromatic N) is 3. The van der Waals surface area contributed by atoms with Gasteiger partial charge in [-0.3, -0.25) is 0 Å². The highest BCUT2D eigenvalue weighted by atomic mass is 16.7. The summed E-state index contributed by atoms with van der Waals surface area (Å²) in [6.07, 6.45) is 2.67. The van der Waals surface area contributed by atoms with Gasteiger partial charge in [0.15, 0.2) is 6.29 Å². The summed E-state index contributed by atoms with van der Waals surface area (Å²) >= 11 is 0. The Morgan fingerprint density at radius 1 is 1.06 bits per heavy atom. The molecule has 5 heteroatoms. The molecule has 108 valence electrons. The van der Waals surface area contributed by atoms with E-state index in [2.05, 4.69) is 24.1 Å². The summed E-state index contributed by atoms with van der Waals surface area (Å²) in [4.78, 5) is 2.15. The van der Waals surface area contributed by atoms with Crippen molar-refractivity contribution in [1.29, 1.82) is 0 Å². The van der Waals surface area contributed by atoms with Gasteiger partial charge in [0.25, 0.3) is 0 Å². The van der Waals surface area contributed by atoms with Crippen LogP contribution in [0.15, 0.2) is 5.10 Å². The second kappa shape index (κ2) is 10.3. The Bertz CT molecular complexity index is 214. The van der Waals surface area contributed by atoms with Gasteiger partial charge in [-0.05, 0) is 27.9 Å². The maximum atomic E-state index is 5.59. The van der Waals surface area contributed by atoms with Gasteiger partial charge >= 0.3 is 0 Å². The Morgan fingerprint density at radius 3 is 2.00 bits per heavy atom. The average molecular weight is 259 g/mol. The van der Waals surface area contributed by atoms with Crippen LogP contribution in [-0.2, 0) is 9.47 Å². The third kappa shape index (κ3) is 9.39. The molecule has 0 heterocycles. The lowest BCUT2D eigenvalue weighted by atomic mass is 10.1. The van der Waals surface area contributed by atoms with Crippen molar-refractivity contribution in [3.8, 4) is 0 Å². The Balaban J connectivity index is 4.42. The molecule has 0 N–H and O–H groups in total. The van der Waals surface area contributed by atoms with Crippen LogP contribution in [0.3, 0.4) is 0 Å². The molecule has 0 spiro atoms. The molecule has 0 saturated carbocycles. The third-order valence-electron chi connectivity index (χ3n) is 2.31. The summed E-state index contributed by atoms with van der Waals surface area (Å²) in [7, 11) is 7.97. The van der Waals surface area contributed by atoms with E-state index in [0.29, 0.717) is 19.1 Å². The van der Waals surface area contributed by atoms with Crippen LogP contribution >= 0.6 is 0 Å². The standard InChI is InChI=1S/C13H29N3O2/c1-7-17-13(18-8-2)9-12(11-15(3)4)10-14-16(5)6/h10,12-13H,7-9,11H2,1-6H3. The lowest BCUT2D eigenvalue weighted by Crippen LogP contribution is -2.29. The van der Waals surface area contributed by atoms with Crippen molar-refractivity contribution in [1.82, 2.24) is 9.91 Å². The molecule has 0 aliphatic rings. The normalized spacial score (nSPS) is 13.8. The monoisotopic (exact) mass is 259 g/mol. The van der Waals surface area contributed by atoms with Crippen molar-refractivity contribution in [2.75, 3.05) is 47.9 Å². The zero-order chi connectivity index (χ0) is 14.0. The van der Waals surface area contributed by atoms with Crippen LogP contribution in [0.5, 0.6) is 0 Å². The minimum absolute atomic E-state index is 0.140. The van der Waals surface area contributed by atoms with Gasteiger partial charge < -0.3 is 19.4 Å². The minimum Gasteiger partial charge on any atom is -0.353 e. The van der Waals surface area contributed by atoms with Crippen molar-refractivity contribution >= 4 is 6.21 Å². The van der Waals surface area contributed by atoms with Gasteiger partial charge in [-0.25, -0.2) is 0 Å². The molecule has 0 bridgehead atoms. The van der Waals surface area contributed by atoms with Gasteiger partial charge in [0, 0.05) is 52.4 Å². The van der Waals surface area contributed by atoms with Crippen LogP contribution in [0, 0.1) is 5.92 Å². The molecule has 5 nitrogen and oxygen atoms in total. The van der Waals surface area contributed by atoms with E-state index in [-0.39, 0.29) is 6.29 Å². The van der Waals surface area contributed by atoms with E-state index in [0.717, 1.165) is 13.0 Å². The van der Waals surface area contributed by atoms with Gasteiger partial charge in [-0.1, -0.05) is 0 Å². The molecule has 0 saturated heterocycles. The minimum atomic E-state index is -0.140. The summed E-state index contributed by atoms with van der Waals surface area (Å²) in [6.45, 7) is 6.25. The highest BCUT2D eigenvalue weighted by Crippen LogP contribution is 2.11. The third-order valence-corrected chi connectivity index (χ3v) is 2.31. The van der Waals surface area contributed by atoms with Gasteiger partial charge in [0.1, 0.15) is 0 Å². The first-order valence-corrected chi connectivity index (χ1v) is 6.58. The first-order valence-electron chi connectivity index (χ1n) is 6.58. The van der Waals surface area contributed by atoms with Crippen molar-refractivity contribution < 1.29 is 9.47 Å². The van der Waals surface area contributed by atoms with Crippen molar-refractivity contribution in [2.24, 2.45) is 11.0 Å². The van der Waals surface area contributed by atoms with Crippen LogP contribution in [-0.4, -0.2) is 70.4 Å². The topological polar surface area (TPSA) is 37.3 Å². The number of hydrazone groups is 1. The maximum absolute atomic E-state index is 5.59. The average Bonchev–Trinajstić information content (AvgIpc) is 2.25. The van der Waals surface area contributed by atoms with Crippen LogP contribution in [0.4, 0.5) is 0 Å². The Labute approximate surface area is 112 Å². The molecule has 0 aliphatic carbocycles. The fourth-order valence-electron chi connectivity index (χ4n) is 1.68. The summed E-state index contributed by atoms with van der Waals surface area (Å²) < 4.78 is 11.2. The smallest absolute Gasteiger partial charge is 0.158 e. The zero-order valence-electron chi connectivity index (χ0n) is 12.7. The van der Waals surface area contributed by atoms with Crippen LogP contribution in [0.2, 0.25) is 0 Å². The summed E-state index contributed by atoms with van der Waals surface area (Å²) in [6, 6.07) is 0. The molecular weight excluding hydrogens is 230 g/mol. The van der Waals surface area contributed by atoms with Crippen LogP contribution < -0.4 is 0 Å². The second-order valence-corrected chi connectivity index (χ2v) is 4.71. The van der Waals surface area contributed by atoms with E-state index in [1.165, 1.54) is 0 Å². The lowest BCUT2D eigenvalue weighted by Gasteiger charge is -2.23. The van der Waals surface area contributed by atoms with Crippen molar-refractivity contribution in [3.63, 3.8) is 0 Å². The molecule has 18 heavy (non-hydrogen) atoms. The van der Waals surface area contributed by atoms with Crippen molar-refractivity contribution in [3.05, 3.63) is 0 Å². The fourth-order valence-corrected chi connectivity index (χ4v) is 1.68. The molecule has 0 amide bonds. The molecule has 0 aliphatic heterocycles. The molecule has 0 fully saturated rings. The summed E-state index contributed by atoms with van der Waals surface area (Å²) in [5.74, 6) is 0.325. The van der Waals surface area contributed by atoms with Crippen LogP contribution in [0.25, 0.3) is 0 Å². The first kappa shape index (κ1) is 17.4. The predicted molar refractivity (Wildman–Crippen MR) is 75.9 cm³/mol. The molecule has 1 unspecified atom stereocenters. The van der Waals surface area contributed by atoms with Gasteiger partial charge in [0.05, 0.1) is 0 Å². The highest BCUT2D eigenvalue weighted by molar-refractivity contribution is 5.60. The summed E-state index contributed by atoms with van der Waals surface area (Å²) in [5, 5.41) is 6.13. The fraction of sp³-hybridized carbons (Fsp3) is 0.923. The van der Waals surface area contributed by atoms with E-state index in [1.54, 1.807) is 5.01 Å². The highest BCUT2D eigenvalue weighted by Gasteiger charge is 2.16. The molecule has 0 aromatic heterocycles. The second-order valence-electron chi connectivity index (χ2n) is 4.71. The van der Waals surface area contributed by atoms with E-state index >= 15 is 0 Å². The molecule has 0 aromatic carbocycles. The number of ether oxygens (including phenoxy) is 2. The van der Waals surface area contributed by atoms with Gasteiger partial charge in [0.2, 0.25) is 0 Å². The molecule has 0 rings (SSSR count). The number of rotatable bonds is 10. The first-order chi connectivity index (χ1) is 8.49.